The quantitative estimate of drug-likeness (QED) is 0.446. The Morgan fingerprint density at radius 1 is 1.20 bits per heavy atom. The van der Waals surface area contributed by atoms with Gasteiger partial charge in [-0.1, -0.05) is 13.8 Å². The van der Waals surface area contributed by atoms with Crippen LogP contribution in [0.25, 0.3) is 0 Å². The third kappa shape index (κ3) is 8.08. The van der Waals surface area contributed by atoms with E-state index in [1.165, 1.54) is 0 Å². The molecule has 0 aliphatic rings. The van der Waals surface area contributed by atoms with Gasteiger partial charge in [0.2, 0.25) is 0 Å². The van der Waals surface area contributed by atoms with Gasteiger partial charge in [0, 0.05) is 30.4 Å². The first kappa shape index (κ1) is 15.2. The maximum Gasteiger partial charge on any atom is 0.0280 e. The molecular formula is C11H27N3S. The molecule has 1 atom stereocenters. The minimum Gasteiger partial charge on any atom is -0.315 e. The highest BCUT2D eigenvalue weighted by atomic mass is 32.1. The molecule has 0 radical (unpaired) electrons. The van der Waals surface area contributed by atoms with Gasteiger partial charge in [0.1, 0.15) is 0 Å². The lowest BCUT2D eigenvalue weighted by Gasteiger charge is -2.29. The molecule has 0 aliphatic heterocycles. The molecule has 0 unspecified atom stereocenters. The van der Waals surface area contributed by atoms with Gasteiger partial charge in [0.15, 0.2) is 0 Å². The van der Waals surface area contributed by atoms with E-state index in [1.807, 2.05) is 0 Å². The van der Waals surface area contributed by atoms with Crippen LogP contribution in [0.3, 0.4) is 0 Å². The van der Waals surface area contributed by atoms with Crippen molar-refractivity contribution in [2.75, 3.05) is 31.9 Å². The van der Waals surface area contributed by atoms with Crippen LogP contribution in [0.5, 0.6) is 0 Å². The molecule has 15 heavy (non-hydrogen) atoms. The van der Waals surface area contributed by atoms with Gasteiger partial charge in [-0.3, -0.25) is 0 Å². The Hall–Kier alpha value is 0.230. The Morgan fingerprint density at radius 2 is 1.87 bits per heavy atom. The van der Waals surface area contributed by atoms with Crippen molar-refractivity contribution < 1.29 is 0 Å². The van der Waals surface area contributed by atoms with E-state index in [1.54, 1.807) is 0 Å². The highest BCUT2D eigenvalue weighted by molar-refractivity contribution is 7.80. The molecule has 3 N–H and O–H groups in total. The van der Waals surface area contributed by atoms with Crippen molar-refractivity contribution in [3.8, 4) is 0 Å². The summed E-state index contributed by atoms with van der Waals surface area (Å²) in [7, 11) is 0. The lowest BCUT2D eigenvalue weighted by atomic mass is 10.1. The Morgan fingerprint density at radius 3 is 2.33 bits per heavy atom. The Balaban J connectivity index is 3.78. The summed E-state index contributed by atoms with van der Waals surface area (Å²) in [5, 5.41) is 10.3. The number of hydrogen-bond acceptors (Lipinski definition) is 4. The molecule has 92 valence electrons. The lowest BCUT2D eigenvalue weighted by Crippen LogP contribution is -2.52. The zero-order valence-corrected chi connectivity index (χ0v) is 11.5. The first-order valence-corrected chi connectivity index (χ1v) is 6.49. The first-order chi connectivity index (χ1) is 7.05. The van der Waals surface area contributed by atoms with Gasteiger partial charge in [-0.25, -0.2) is 0 Å². The summed E-state index contributed by atoms with van der Waals surface area (Å²) in [5.41, 5.74) is 0.145. The summed E-state index contributed by atoms with van der Waals surface area (Å²) in [6, 6.07) is 0.458. The first-order valence-electron chi connectivity index (χ1n) is 5.85. The molecule has 0 amide bonds. The van der Waals surface area contributed by atoms with E-state index >= 15 is 0 Å². The predicted octanol–water partition coefficient (Wildman–Crippen LogP) is 0.872. The topological polar surface area (TPSA) is 36.1 Å². The molecule has 0 saturated carbocycles. The van der Waals surface area contributed by atoms with Crippen LogP contribution in [0, 0.1) is 0 Å². The maximum atomic E-state index is 4.33. The van der Waals surface area contributed by atoms with Gasteiger partial charge >= 0.3 is 0 Å². The maximum absolute atomic E-state index is 4.33. The van der Waals surface area contributed by atoms with E-state index in [0.29, 0.717) is 6.04 Å². The molecule has 0 aromatic rings. The van der Waals surface area contributed by atoms with Crippen LogP contribution in [-0.2, 0) is 0 Å². The molecular weight excluding hydrogens is 206 g/mol. The fourth-order valence-electron chi connectivity index (χ4n) is 1.39. The molecule has 0 rings (SSSR count). The van der Waals surface area contributed by atoms with Crippen molar-refractivity contribution in [2.45, 2.75) is 39.3 Å². The fourth-order valence-corrected chi connectivity index (χ4v) is 1.65. The normalized spacial score (nSPS) is 14.2. The van der Waals surface area contributed by atoms with Crippen molar-refractivity contribution in [3.05, 3.63) is 0 Å². The predicted molar refractivity (Wildman–Crippen MR) is 71.9 cm³/mol. The molecule has 0 spiro atoms. The molecule has 3 nitrogen and oxygen atoms in total. The molecule has 0 fully saturated rings. The zero-order valence-electron chi connectivity index (χ0n) is 10.6. The van der Waals surface area contributed by atoms with Crippen LogP contribution in [-0.4, -0.2) is 43.5 Å². The molecule has 0 aromatic carbocycles. The smallest absolute Gasteiger partial charge is 0.0280 e. The number of nitrogens with one attached hydrogen (secondary N) is 3. The van der Waals surface area contributed by atoms with E-state index in [0.717, 1.165) is 31.9 Å². The van der Waals surface area contributed by atoms with Crippen molar-refractivity contribution in [2.24, 2.45) is 0 Å². The number of hydrogen-bond donors (Lipinski definition) is 4. The van der Waals surface area contributed by atoms with Gasteiger partial charge in [-0.05, 0) is 26.9 Å². The van der Waals surface area contributed by atoms with Crippen LogP contribution in [0.2, 0.25) is 0 Å². The minimum atomic E-state index is 0.145. The third-order valence-electron chi connectivity index (χ3n) is 2.36. The van der Waals surface area contributed by atoms with Crippen LogP contribution < -0.4 is 16.0 Å². The highest BCUT2D eigenvalue weighted by Gasteiger charge is 2.17. The van der Waals surface area contributed by atoms with Crippen LogP contribution in [0.1, 0.15) is 27.7 Å². The summed E-state index contributed by atoms with van der Waals surface area (Å²) >= 11 is 4.33. The van der Waals surface area contributed by atoms with Crippen molar-refractivity contribution >= 4 is 12.6 Å². The fraction of sp³-hybridized carbons (Fsp3) is 1.00. The summed E-state index contributed by atoms with van der Waals surface area (Å²) in [6.07, 6.45) is 0. The minimum absolute atomic E-state index is 0.145. The van der Waals surface area contributed by atoms with Crippen LogP contribution in [0.15, 0.2) is 0 Å². The lowest BCUT2D eigenvalue weighted by molar-refractivity contribution is 0.349. The second kappa shape index (κ2) is 8.39. The van der Waals surface area contributed by atoms with E-state index in [-0.39, 0.29) is 5.54 Å². The second-order valence-electron chi connectivity index (χ2n) is 4.48. The van der Waals surface area contributed by atoms with Gasteiger partial charge in [-0.15, -0.1) is 0 Å². The third-order valence-corrected chi connectivity index (χ3v) is 2.80. The highest BCUT2D eigenvalue weighted by Crippen LogP contribution is 2.00. The van der Waals surface area contributed by atoms with Crippen molar-refractivity contribution in [1.82, 2.24) is 16.0 Å². The second-order valence-corrected chi connectivity index (χ2v) is 4.85. The van der Waals surface area contributed by atoms with Gasteiger partial charge < -0.3 is 16.0 Å². The van der Waals surface area contributed by atoms with Crippen LogP contribution in [0.4, 0.5) is 0 Å². The molecule has 0 saturated heterocycles. The van der Waals surface area contributed by atoms with E-state index in [4.69, 9.17) is 0 Å². The van der Waals surface area contributed by atoms with E-state index < -0.39 is 0 Å². The number of rotatable bonds is 9. The van der Waals surface area contributed by atoms with E-state index in [9.17, 15) is 0 Å². The average Bonchev–Trinajstić information content (AvgIpc) is 2.21. The molecule has 0 bridgehead atoms. The van der Waals surface area contributed by atoms with Gasteiger partial charge in [0.25, 0.3) is 0 Å². The SMILES string of the molecule is CCNCC(C)(C)NC[C@H](CS)NCC. The molecule has 0 aliphatic carbocycles. The monoisotopic (exact) mass is 233 g/mol. The van der Waals surface area contributed by atoms with Crippen molar-refractivity contribution in [3.63, 3.8) is 0 Å². The molecule has 0 heterocycles. The molecule has 0 aromatic heterocycles. The van der Waals surface area contributed by atoms with Gasteiger partial charge in [-0.2, -0.15) is 12.6 Å². The number of likely N-dealkylation sites (N-methyl/N-ethyl adjacent to an activating group) is 2. The average molecular weight is 233 g/mol. The van der Waals surface area contributed by atoms with Crippen LogP contribution >= 0.6 is 12.6 Å². The van der Waals surface area contributed by atoms with Gasteiger partial charge in [0.05, 0.1) is 0 Å². The Labute approximate surface area is 100 Å². The van der Waals surface area contributed by atoms with Crippen molar-refractivity contribution in [1.29, 1.82) is 0 Å². The Bertz CT molecular complexity index is 151. The summed E-state index contributed by atoms with van der Waals surface area (Å²) in [6.45, 7) is 12.7. The summed E-state index contributed by atoms with van der Waals surface area (Å²) in [5.74, 6) is 0.873. The standard InChI is InChI=1S/C11H27N3S/c1-5-12-9-11(3,4)14-7-10(8-15)13-6-2/h10,12-15H,5-9H2,1-4H3/t10-/m1/s1. The summed E-state index contributed by atoms with van der Waals surface area (Å²) in [4.78, 5) is 0. The largest absolute Gasteiger partial charge is 0.315 e. The molecule has 4 heteroatoms. The van der Waals surface area contributed by atoms with E-state index in [2.05, 4.69) is 56.3 Å². The Kier molecular flexibility index (Phi) is 8.52. The summed E-state index contributed by atoms with van der Waals surface area (Å²) < 4.78 is 0. The zero-order chi connectivity index (χ0) is 11.7. The number of thiol groups is 1.